The second kappa shape index (κ2) is 10.1. The highest BCUT2D eigenvalue weighted by Gasteiger charge is 2.32. The molecular weight excluding hydrogens is 416 g/mol. The summed E-state index contributed by atoms with van der Waals surface area (Å²) in [6, 6.07) is 13.9. The molecular formula is C23H28N2O5S. The number of benzene rings is 2. The quantitative estimate of drug-likeness (QED) is 0.663. The zero-order valence-corrected chi connectivity index (χ0v) is 18.7. The van der Waals surface area contributed by atoms with Gasteiger partial charge < -0.3 is 10.1 Å². The van der Waals surface area contributed by atoms with Gasteiger partial charge in [-0.2, -0.15) is 4.31 Å². The van der Waals surface area contributed by atoms with Crippen LogP contribution < -0.4 is 5.32 Å². The second-order valence-electron chi connectivity index (χ2n) is 7.66. The Labute approximate surface area is 183 Å². The minimum absolute atomic E-state index is 0.120. The molecule has 0 unspecified atom stereocenters. The highest BCUT2D eigenvalue weighted by Crippen LogP contribution is 2.25. The van der Waals surface area contributed by atoms with Gasteiger partial charge in [-0.15, -0.1) is 0 Å². The first kappa shape index (κ1) is 23.0. The summed E-state index contributed by atoms with van der Waals surface area (Å²) in [5.74, 6) is -0.652. The number of rotatable bonds is 7. The molecule has 1 heterocycles. The number of carbonyl (C=O) groups excluding carboxylic acids is 2. The Morgan fingerprint density at radius 1 is 1.03 bits per heavy atom. The van der Waals surface area contributed by atoms with Gasteiger partial charge in [0.2, 0.25) is 15.9 Å². The number of aryl methyl sites for hydroxylation is 1. The van der Waals surface area contributed by atoms with Gasteiger partial charge in [0.05, 0.1) is 17.9 Å². The number of carbonyl (C=O) groups is 2. The van der Waals surface area contributed by atoms with Crippen LogP contribution in [0.25, 0.3) is 0 Å². The summed E-state index contributed by atoms with van der Waals surface area (Å²) < 4.78 is 32.0. The molecule has 1 aliphatic heterocycles. The van der Waals surface area contributed by atoms with Crippen molar-refractivity contribution in [1.29, 1.82) is 0 Å². The Morgan fingerprint density at radius 2 is 1.65 bits per heavy atom. The number of anilines is 1. The van der Waals surface area contributed by atoms with Gasteiger partial charge in [-0.05, 0) is 56.5 Å². The number of piperidine rings is 1. The highest BCUT2D eigenvalue weighted by molar-refractivity contribution is 7.89. The van der Waals surface area contributed by atoms with E-state index in [1.807, 2.05) is 6.92 Å². The van der Waals surface area contributed by atoms with Crippen LogP contribution in [-0.2, 0) is 30.8 Å². The minimum Gasteiger partial charge on any atom is -0.466 e. The van der Waals surface area contributed by atoms with Crippen molar-refractivity contribution in [3.63, 3.8) is 0 Å². The lowest BCUT2D eigenvalue weighted by Crippen LogP contribution is -2.41. The van der Waals surface area contributed by atoms with Crippen molar-refractivity contribution in [2.24, 2.45) is 5.92 Å². The van der Waals surface area contributed by atoms with E-state index in [0.29, 0.717) is 38.2 Å². The molecule has 1 N–H and O–H groups in total. The fourth-order valence-corrected chi connectivity index (χ4v) is 5.02. The van der Waals surface area contributed by atoms with Gasteiger partial charge in [-0.3, -0.25) is 9.59 Å². The Bertz CT molecular complexity index is 1010. The smallest absolute Gasteiger partial charge is 0.310 e. The first-order chi connectivity index (χ1) is 14.8. The molecule has 0 aliphatic carbocycles. The lowest BCUT2D eigenvalue weighted by Gasteiger charge is -2.30. The maximum atomic E-state index is 12.8. The fraction of sp³-hybridized carbons (Fsp3) is 0.391. The third-order valence-corrected chi connectivity index (χ3v) is 7.27. The van der Waals surface area contributed by atoms with Crippen molar-refractivity contribution in [2.75, 3.05) is 25.0 Å². The van der Waals surface area contributed by atoms with E-state index in [2.05, 4.69) is 5.32 Å². The molecule has 166 valence electrons. The molecule has 1 aliphatic rings. The summed E-state index contributed by atoms with van der Waals surface area (Å²) in [5, 5.41) is 2.89. The van der Waals surface area contributed by atoms with Crippen LogP contribution in [-0.4, -0.2) is 44.3 Å². The summed E-state index contributed by atoms with van der Waals surface area (Å²) >= 11 is 0. The normalized spacial score (nSPS) is 15.4. The Morgan fingerprint density at radius 3 is 2.23 bits per heavy atom. The van der Waals surface area contributed by atoms with Crippen molar-refractivity contribution in [3.8, 4) is 0 Å². The van der Waals surface area contributed by atoms with Crippen LogP contribution in [0.4, 0.5) is 5.69 Å². The van der Waals surface area contributed by atoms with Crippen molar-refractivity contribution in [3.05, 3.63) is 59.7 Å². The molecule has 8 heteroatoms. The first-order valence-corrected chi connectivity index (χ1v) is 11.9. The second-order valence-corrected chi connectivity index (χ2v) is 9.60. The molecule has 0 spiro atoms. The van der Waals surface area contributed by atoms with Gasteiger partial charge in [-0.1, -0.05) is 29.8 Å². The zero-order valence-electron chi connectivity index (χ0n) is 17.8. The van der Waals surface area contributed by atoms with E-state index in [1.54, 1.807) is 55.5 Å². The van der Waals surface area contributed by atoms with Gasteiger partial charge in [0.1, 0.15) is 0 Å². The molecule has 0 bridgehead atoms. The molecule has 7 nitrogen and oxygen atoms in total. The van der Waals surface area contributed by atoms with Gasteiger partial charge in [-0.25, -0.2) is 8.42 Å². The number of nitrogens with one attached hydrogen (secondary N) is 1. The van der Waals surface area contributed by atoms with E-state index in [9.17, 15) is 18.0 Å². The third-order valence-electron chi connectivity index (χ3n) is 5.36. The van der Waals surface area contributed by atoms with Crippen LogP contribution >= 0.6 is 0 Å². The predicted molar refractivity (Wildman–Crippen MR) is 118 cm³/mol. The number of hydrogen-bond donors (Lipinski definition) is 1. The van der Waals surface area contributed by atoms with E-state index in [1.165, 1.54) is 4.31 Å². The molecule has 3 rings (SSSR count). The number of amides is 1. The Balaban J connectivity index is 1.53. The minimum atomic E-state index is -3.54. The summed E-state index contributed by atoms with van der Waals surface area (Å²) in [6.45, 7) is 4.64. The largest absolute Gasteiger partial charge is 0.466 e. The van der Waals surface area contributed by atoms with Crippen molar-refractivity contribution >= 4 is 27.6 Å². The van der Waals surface area contributed by atoms with Crippen LogP contribution in [0.2, 0.25) is 0 Å². The molecule has 2 aromatic carbocycles. The average molecular weight is 445 g/mol. The maximum absolute atomic E-state index is 12.8. The SMILES string of the molecule is CCOC(=O)Cc1ccc(NC(=O)C2CCN(S(=O)(=O)c3ccc(C)cc3)CC2)cc1. The van der Waals surface area contributed by atoms with Crippen LogP contribution in [0.15, 0.2) is 53.4 Å². The topological polar surface area (TPSA) is 92.8 Å². The predicted octanol–water partition coefficient (Wildman–Crippen LogP) is 3.14. The van der Waals surface area contributed by atoms with Gasteiger partial charge >= 0.3 is 5.97 Å². The van der Waals surface area contributed by atoms with Crippen molar-refractivity contribution in [2.45, 2.75) is 38.0 Å². The van der Waals surface area contributed by atoms with E-state index in [0.717, 1.165) is 11.1 Å². The van der Waals surface area contributed by atoms with Crippen LogP contribution in [0.3, 0.4) is 0 Å². The number of ether oxygens (including phenoxy) is 1. The fourth-order valence-electron chi connectivity index (χ4n) is 3.55. The molecule has 1 amide bonds. The van der Waals surface area contributed by atoms with E-state index < -0.39 is 10.0 Å². The zero-order chi connectivity index (χ0) is 22.4. The van der Waals surface area contributed by atoms with E-state index >= 15 is 0 Å². The van der Waals surface area contributed by atoms with Crippen LogP contribution in [0, 0.1) is 12.8 Å². The number of nitrogens with zero attached hydrogens (tertiary/aromatic N) is 1. The molecule has 2 aromatic rings. The number of sulfonamides is 1. The summed E-state index contributed by atoms with van der Waals surface area (Å²) in [7, 11) is -3.54. The van der Waals surface area contributed by atoms with Gasteiger partial charge in [0.15, 0.2) is 0 Å². The standard InChI is InChI=1S/C23H28N2O5S/c1-3-30-22(26)16-18-6-8-20(9-7-18)24-23(27)19-12-14-25(15-13-19)31(28,29)21-10-4-17(2)5-11-21/h4-11,19H,3,12-16H2,1-2H3,(H,24,27). The molecule has 31 heavy (non-hydrogen) atoms. The molecule has 0 atom stereocenters. The summed E-state index contributed by atoms with van der Waals surface area (Å²) in [4.78, 5) is 24.5. The molecule has 0 saturated carbocycles. The monoisotopic (exact) mass is 444 g/mol. The maximum Gasteiger partial charge on any atom is 0.310 e. The lowest BCUT2D eigenvalue weighted by molar-refractivity contribution is -0.142. The van der Waals surface area contributed by atoms with E-state index in [-0.39, 0.29) is 29.1 Å². The van der Waals surface area contributed by atoms with Crippen LogP contribution in [0.5, 0.6) is 0 Å². The van der Waals surface area contributed by atoms with Crippen LogP contribution in [0.1, 0.15) is 30.9 Å². The van der Waals surface area contributed by atoms with Gasteiger partial charge in [0, 0.05) is 24.7 Å². The lowest BCUT2D eigenvalue weighted by atomic mass is 9.97. The molecule has 0 aromatic heterocycles. The third kappa shape index (κ3) is 5.92. The summed E-state index contributed by atoms with van der Waals surface area (Å²) in [6.07, 6.45) is 1.13. The Kier molecular flexibility index (Phi) is 7.46. The molecule has 0 radical (unpaired) electrons. The summed E-state index contributed by atoms with van der Waals surface area (Å²) in [5.41, 5.74) is 2.46. The molecule has 1 fully saturated rings. The number of hydrogen-bond acceptors (Lipinski definition) is 5. The van der Waals surface area contributed by atoms with Gasteiger partial charge in [0.25, 0.3) is 0 Å². The highest BCUT2D eigenvalue weighted by atomic mass is 32.2. The number of esters is 1. The average Bonchev–Trinajstić information content (AvgIpc) is 2.75. The van der Waals surface area contributed by atoms with Crippen molar-refractivity contribution in [1.82, 2.24) is 4.31 Å². The van der Waals surface area contributed by atoms with E-state index in [4.69, 9.17) is 4.74 Å². The first-order valence-electron chi connectivity index (χ1n) is 10.4. The Hall–Kier alpha value is -2.71. The molecule has 1 saturated heterocycles. The van der Waals surface area contributed by atoms with Crippen molar-refractivity contribution < 1.29 is 22.7 Å².